The van der Waals surface area contributed by atoms with E-state index >= 15 is 0 Å². The van der Waals surface area contributed by atoms with E-state index in [0.717, 1.165) is 27.3 Å². The third-order valence-corrected chi connectivity index (χ3v) is 3.78. The highest BCUT2D eigenvalue weighted by molar-refractivity contribution is 6.06. The fourth-order valence-corrected chi connectivity index (χ4v) is 2.74. The average molecular weight is 260 g/mol. The first kappa shape index (κ1) is 11.2. The molecule has 0 saturated carbocycles. The maximum atomic E-state index is 12.5. The fourth-order valence-electron chi connectivity index (χ4n) is 2.74. The van der Waals surface area contributed by atoms with Crippen LogP contribution >= 0.6 is 0 Å². The van der Waals surface area contributed by atoms with Crippen LogP contribution in [0.4, 0.5) is 0 Å². The second-order valence-corrected chi connectivity index (χ2v) is 4.96. The van der Waals surface area contributed by atoms with Gasteiger partial charge in [-0.3, -0.25) is 4.79 Å². The van der Waals surface area contributed by atoms with E-state index < -0.39 is 0 Å². The minimum Gasteiger partial charge on any atom is -0.311 e. The number of aromatic nitrogens is 2. The summed E-state index contributed by atoms with van der Waals surface area (Å²) in [6.07, 6.45) is 0. The Kier molecular flexibility index (Phi) is 2.18. The molecule has 2 aromatic carbocycles. The Morgan fingerprint density at radius 1 is 0.950 bits per heavy atom. The molecule has 0 saturated heterocycles. The number of hydrogen-bond donors (Lipinski definition) is 0. The molecule has 0 unspecified atom stereocenters. The minimum absolute atomic E-state index is 0.00282. The molecule has 0 spiro atoms. The van der Waals surface area contributed by atoms with Gasteiger partial charge in [-0.25, -0.2) is 4.98 Å². The molecule has 96 valence electrons. The SMILES string of the molecule is Cn1c(=O)c2cc3ccccc3nc2c2ccccc21. The molecule has 0 aliphatic heterocycles. The molecule has 20 heavy (non-hydrogen) atoms. The topological polar surface area (TPSA) is 34.9 Å². The second-order valence-electron chi connectivity index (χ2n) is 4.96. The zero-order valence-corrected chi connectivity index (χ0v) is 11.0. The summed E-state index contributed by atoms with van der Waals surface area (Å²) in [6, 6.07) is 17.7. The van der Waals surface area contributed by atoms with Crippen LogP contribution in [0.5, 0.6) is 0 Å². The van der Waals surface area contributed by atoms with Crippen LogP contribution in [0, 0.1) is 0 Å². The van der Waals surface area contributed by atoms with Crippen LogP contribution in [0.15, 0.2) is 59.4 Å². The number of benzene rings is 2. The summed E-state index contributed by atoms with van der Waals surface area (Å²) in [7, 11) is 1.80. The van der Waals surface area contributed by atoms with Gasteiger partial charge in [0, 0.05) is 17.8 Å². The van der Waals surface area contributed by atoms with Gasteiger partial charge in [0.2, 0.25) is 0 Å². The third-order valence-electron chi connectivity index (χ3n) is 3.78. The van der Waals surface area contributed by atoms with Gasteiger partial charge in [-0.2, -0.15) is 0 Å². The average Bonchev–Trinajstić information content (AvgIpc) is 2.51. The highest BCUT2D eigenvalue weighted by atomic mass is 16.1. The Morgan fingerprint density at radius 3 is 2.60 bits per heavy atom. The minimum atomic E-state index is -0.00282. The lowest BCUT2D eigenvalue weighted by atomic mass is 10.1. The molecule has 4 rings (SSSR count). The molecular formula is C17H12N2O. The number of rotatable bonds is 0. The molecule has 0 atom stereocenters. The van der Waals surface area contributed by atoms with E-state index in [1.807, 2.05) is 54.6 Å². The highest BCUT2D eigenvalue weighted by Gasteiger charge is 2.10. The van der Waals surface area contributed by atoms with Crippen molar-refractivity contribution >= 4 is 32.7 Å². The van der Waals surface area contributed by atoms with Crippen molar-refractivity contribution in [3.05, 3.63) is 65.0 Å². The van der Waals surface area contributed by atoms with Crippen molar-refractivity contribution in [2.24, 2.45) is 7.05 Å². The second kappa shape index (κ2) is 3.90. The van der Waals surface area contributed by atoms with Gasteiger partial charge in [0.25, 0.3) is 5.56 Å². The molecule has 0 radical (unpaired) electrons. The summed E-state index contributed by atoms with van der Waals surface area (Å²) >= 11 is 0. The molecule has 0 aliphatic carbocycles. The molecule has 4 aromatic rings. The lowest BCUT2D eigenvalue weighted by Gasteiger charge is -2.09. The standard InChI is InChI=1S/C17H12N2O/c1-19-15-9-5-3-7-12(15)16-13(17(19)20)10-11-6-2-4-8-14(11)18-16/h2-10H,1H3. The number of hydrogen-bond acceptors (Lipinski definition) is 2. The van der Waals surface area contributed by atoms with Crippen molar-refractivity contribution in [1.29, 1.82) is 0 Å². The Hall–Kier alpha value is -2.68. The normalized spacial score (nSPS) is 11.4. The monoisotopic (exact) mass is 260 g/mol. The fraction of sp³-hybridized carbons (Fsp3) is 0.0588. The first-order chi connectivity index (χ1) is 9.75. The van der Waals surface area contributed by atoms with Gasteiger partial charge < -0.3 is 4.57 Å². The van der Waals surface area contributed by atoms with Crippen molar-refractivity contribution < 1.29 is 0 Å². The Morgan fingerprint density at radius 2 is 1.70 bits per heavy atom. The van der Waals surface area contributed by atoms with Crippen molar-refractivity contribution in [3.63, 3.8) is 0 Å². The smallest absolute Gasteiger partial charge is 0.260 e. The molecule has 0 bridgehead atoms. The van der Waals surface area contributed by atoms with Crippen LogP contribution in [0.25, 0.3) is 32.7 Å². The van der Waals surface area contributed by atoms with Gasteiger partial charge in [-0.1, -0.05) is 36.4 Å². The first-order valence-corrected chi connectivity index (χ1v) is 6.53. The lowest BCUT2D eigenvalue weighted by Crippen LogP contribution is -2.17. The van der Waals surface area contributed by atoms with Crippen LogP contribution < -0.4 is 5.56 Å². The van der Waals surface area contributed by atoms with Crippen molar-refractivity contribution in [2.45, 2.75) is 0 Å². The summed E-state index contributed by atoms with van der Waals surface area (Å²) in [4.78, 5) is 17.2. The predicted octanol–water partition coefficient (Wildman–Crippen LogP) is 3.24. The molecule has 0 N–H and O–H groups in total. The van der Waals surface area contributed by atoms with Gasteiger partial charge >= 0.3 is 0 Å². The van der Waals surface area contributed by atoms with Gasteiger partial charge in [0.05, 0.1) is 21.9 Å². The third kappa shape index (κ3) is 1.40. The molecule has 2 aromatic heterocycles. The number of aryl methyl sites for hydroxylation is 1. The van der Waals surface area contributed by atoms with E-state index in [0.29, 0.717) is 5.39 Å². The van der Waals surface area contributed by atoms with Gasteiger partial charge in [0.15, 0.2) is 0 Å². The van der Waals surface area contributed by atoms with Gasteiger partial charge in [-0.05, 0) is 18.2 Å². The van der Waals surface area contributed by atoms with Gasteiger partial charge in [-0.15, -0.1) is 0 Å². The van der Waals surface area contributed by atoms with Crippen LogP contribution in [-0.2, 0) is 7.05 Å². The maximum absolute atomic E-state index is 12.5. The Balaban J connectivity index is 2.37. The van der Waals surface area contributed by atoms with Gasteiger partial charge in [0.1, 0.15) is 0 Å². The summed E-state index contributed by atoms with van der Waals surface area (Å²) in [5.74, 6) is 0. The molecule has 3 nitrogen and oxygen atoms in total. The van der Waals surface area contributed by atoms with E-state index in [9.17, 15) is 4.79 Å². The summed E-state index contributed by atoms with van der Waals surface area (Å²) in [6.45, 7) is 0. The number of fused-ring (bicyclic) bond motifs is 4. The van der Waals surface area contributed by atoms with E-state index in [2.05, 4.69) is 0 Å². The molecule has 0 fully saturated rings. The van der Waals surface area contributed by atoms with Crippen molar-refractivity contribution in [3.8, 4) is 0 Å². The highest BCUT2D eigenvalue weighted by Crippen LogP contribution is 2.23. The van der Waals surface area contributed by atoms with E-state index in [1.165, 1.54) is 0 Å². The zero-order valence-electron chi connectivity index (χ0n) is 11.0. The summed E-state index contributed by atoms with van der Waals surface area (Å²) in [5.41, 5.74) is 2.60. The van der Waals surface area contributed by atoms with Crippen molar-refractivity contribution in [1.82, 2.24) is 9.55 Å². The molecule has 0 amide bonds. The Bertz CT molecular complexity index is 1030. The van der Waals surface area contributed by atoms with Crippen molar-refractivity contribution in [2.75, 3.05) is 0 Å². The summed E-state index contributed by atoms with van der Waals surface area (Å²) in [5, 5.41) is 2.67. The largest absolute Gasteiger partial charge is 0.311 e. The quantitative estimate of drug-likeness (QED) is 0.359. The molecule has 2 heterocycles. The van der Waals surface area contributed by atoms with Crippen LogP contribution in [0.2, 0.25) is 0 Å². The molecular weight excluding hydrogens is 248 g/mol. The van der Waals surface area contributed by atoms with Crippen LogP contribution in [0.3, 0.4) is 0 Å². The van der Waals surface area contributed by atoms with E-state index in [-0.39, 0.29) is 5.56 Å². The zero-order chi connectivity index (χ0) is 13.7. The molecule has 3 heteroatoms. The van der Waals surface area contributed by atoms with E-state index in [1.54, 1.807) is 11.6 Å². The number of para-hydroxylation sites is 2. The van der Waals surface area contributed by atoms with Crippen LogP contribution in [0.1, 0.15) is 0 Å². The number of nitrogens with zero attached hydrogens (tertiary/aromatic N) is 2. The first-order valence-electron chi connectivity index (χ1n) is 6.53. The molecule has 0 aliphatic rings. The van der Waals surface area contributed by atoms with E-state index in [4.69, 9.17) is 4.98 Å². The number of pyridine rings is 2. The Labute approximate surface area is 115 Å². The lowest BCUT2D eigenvalue weighted by molar-refractivity contribution is 0.918. The predicted molar refractivity (Wildman–Crippen MR) is 82.0 cm³/mol. The maximum Gasteiger partial charge on any atom is 0.260 e. The van der Waals surface area contributed by atoms with Crippen LogP contribution in [-0.4, -0.2) is 9.55 Å². The summed E-state index contributed by atoms with van der Waals surface area (Å²) < 4.78 is 1.69.